The minimum atomic E-state index is 0.476. The first-order valence-corrected chi connectivity index (χ1v) is 23.1. The molecule has 0 aliphatic heterocycles. The Morgan fingerprint density at radius 3 is 1.54 bits per heavy atom. The van der Waals surface area contributed by atoms with Gasteiger partial charge in [0.05, 0.1) is 27.6 Å². The maximum Gasteiger partial charge on any atom is 0.238 e. The fourth-order valence-electron chi connectivity index (χ4n) is 10.3. The molecule has 0 radical (unpaired) electrons. The third-order valence-electron chi connectivity index (χ3n) is 13.4. The summed E-state index contributed by atoms with van der Waals surface area (Å²) in [6.45, 7) is 0. The van der Waals surface area contributed by atoms with E-state index in [1.165, 1.54) is 27.3 Å². The SMILES string of the molecule is c1ccc(-c2nc3cccc(-c4nc(-c5ccc(-c6cccc7cccc(-c8ccccc8)c67)cc5)nc(-n5c6ccccc6c6ccc7c8ccccc8n(-c8ccccc8)c7c65)n4)c3o2)cc1. The van der Waals surface area contributed by atoms with Crippen molar-refractivity contribution in [2.45, 2.75) is 0 Å². The first kappa shape index (κ1) is 38.8. The quantitative estimate of drug-likeness (QED) is 0.159. The molecule has 7 heteroatoms. The first-order chi connectivity index (χ1) is 34.2. The number of hydrogen-bond donors (Lipinski definition) is 0. The minimum Gasteiger partial charge on any atom is -0.435 e. The Morgan fingerprint density at radius 2 is 0.855 bits per heavy atom. The monoisotopic (exact) mass is 882 g/mol. The first-order valence-electron chi connectivity index (χ1n) is 23.1. The van der Waals surface area contributed by atoms with E-state index in [-0.39, 0.29) is 0 Å². The van der Waals surface area contributed by atoms with Crippen LogP contribution < -0.4 is 0 Å². The van der Waals surface area contributed by atoms with Crippen LogP contribution in [0.25, 0.3) is 134 Å². The van der Waals surface area contributed by atoms with Gasteiger partial charge in [0.25, 0.3) is 0 Å². The predicted molar refractivity (Wildman–Crippen MR) is 281 cm³/mol. The van der Waals surface area contributed by atoms with E-state index in [4.69, 9.17) is 24.4 Å². The topological polar surface area (TPSA) is 74.6 Å². The van der Waals surface area contributed by atoms with Gasteiger partial charge in [0.1, 0.15) is 5.52 Å². The highest BCUT2D eigenvalue weighted by atomic mass is 16.3. The molecule has 322 valence electrons. The van der Waals surface area contributed by atoms with Crippen LogP contribution in [0.2, 0.25) is 0 Å². The summed E-state index contributed by atoms with van der Waals surface area (Å²) in [4.78, 5) is 21.2. The van der Waals surface area contributed by atoms with Crippen molar-refractivity contribution in [3.63, 3.8) is 0 Å². The van der Waals surface area contributed by atoms with Crippen LogP contribution in [0, 0.1) is 0 Å². The standard InChI is InChI=1S/C62H38N6O/c1-4-17-39(18-5-1)45-27-14-21-41-22-15-28-46(55(41)45)40-33-35-42(36-34-40)59-64-60(51-29-16-30-52-58(51)69-61(63-52)43-19-6-2-7-20-43)66-62(65-59)68-54-32-13-11-26-48(54)50-38-37-49-47-25-10-12-31-53(47)67(56(49)57(50)68)44-23-8-3-9-24-44/h1-38H. The summed E-state index contributed by atoms with van der Waals surface area (Å²) >= 11 is 0. The molecule has 0 saturated heterocycles. The average Bonchev–Trinajstić information content (AvgIpc) is 4.12. The molecule has 10 aromatic carbocycles. The molecule has 0 aliphatic rings. The summed E-state index contributed by atoms with van der Waals surface area (Å²) < 4.78 is 11.2. The van der Waals surface area contributed by atoms with Crippen molar-refractivity contribution in [1.82, 2.24) is 29.1 Å². The third kappa shape index (κ3) is 6.21. The van der Waals surface area contributed by atoms with Gasteiger partial charge in [-0.25, -0.2) is 9.97 Å². The summed E-state index contributed by atoms with van der Waals surface area (Å²) in [5.41, 5.74) is 13.7. The smallest absolute Gasteiger partial charge is 0.238 e. The lowest BCUT2D eigenvalue weighted by atomic mass is 9.91. The van der Waals surface area contributed by atoms with Crippen LogP contribution >= 0.6 is 0 Å². The van der Waals surface area contributed by atoms with Gasteiger partial charge in [-0.05, 0) is 81.6 Å². The lowest BCUT2D eigenvalue weighted by Gasteiger charge is -2.14. The van der Waals surface area contributed by atoms with Gasteiger partial charge in [0.2, 0.25) is 11.8 Å². The Balaban J connectivity index is 1.03. The lowest BCUT2D eigenvalue weighted by molar-refractivity contribution is 0.620. The maximum absolute atomic E-state index is 6.63. The average molecular weight is 883 g/mol. The molecule has 0 saturated carbocycles. The van der Waals surface area contributed by atoms with E-state index in [9.17, 15) is 0 Å². The molecule has 7 nitrogen and oxygen atoms in total. The van der Waals surface area contributed by atoms with Gasteiger partial charge in [-0.1, -0.05) is 182 Å². The Labute approximate surface area is 395 Å². The van der Waals surface area contributed by atoms with Crippen LogP contribution in [0.1, 0.15) is 0 Å². The highest BCUT2D eigenvalue weighted by Gasteiger charge is 2.25. The van der Waals surface area contributed by atoms with Crippen molar-refractivity contribution in [3.05, 3.63) is 231 Å². The van der Waals surface area contributed by atoms with E-state index in [0.717, 1.165) is 77.2 Å². The van der Waals surface area contributed by atoms with Crippen molar-refractivity contribution in [2.24, 2.45) is 0 Å². The Bertz CT molecular complexity index is 4280. The maximum atomic E-state index is 6.63. The zero-order chi connectivity index (χ0) is 45.4. The van der Waals surface area contributed by atoms with Gasteiger partial charge in [0, 0.05) is 38.4 Å². The zero-order valence-corrected chi connectivity index (χ0v) is 37.0. The van der Waals surface area contributed by atoms with Crippen LogP contribution in [0.5, 0.6) is 0 Å². The number of hydrogen-bond acceptors (Lipinski definition) is 5. The highest BCUT2D eigenvalue weighted by molar-refractivity contribution is 6.23. The second kappa shape index (κ2) is 15.6. The molecule has 0 spiro atoms. The predicted octanol–water partition coefficient (Wildman–Crippen LogP) is 15.7. The number of rotatable bonds is 7. The van der Waals surface area contributed by atoms with Crippen molar-refractivity contribution in [1.29, 1.82) is 0 Å². The Hall–Kier alpha value is -9.46. The van der Waals surface area contributed by atoms with Crippen molar-refractivity contribution in [2.75, 3.05) is 0 Å². The van der Waals surface area contributed by atoms with E-state index < -0.39 is 0 Å². The zero-order valence-electron chi connectivity index (χ0n) is 37.0. The molecule has 0 bridgehead atoms. The highest BCUT2D eigenvalue weighted by Crippen LogP contribution is 2.43. The van der Waals surface area contributed by atoms with Gasteiger partial charge >= 0.3 is 0 Å². The van der Waals surface area contributed by atoms with Gasteiger partial charge < -0.3 is 8.98 Å². The van der Waals surface area contributed by atoms with Gasteiger partial charge in [-0.2, -0.15) is 9.97 Å². The van der Waals surface area contributed by atoms with E-state index >= 15 is 0 Å². The summed E-state index contributed by atoms with van der Waals surface area (Å²) in [5, 5.41) is 6.90. The van der Waals surface area contributed by atoms with Crippen LogP contribution in [0.4, 0.5) is 0 Å². The normalized spacial score (nSPS) is 11.8. The van der Waals surface area contributed by atoms with Gasteiger partial charge in [-0.3, -0.25) is 4.57 Å². The second-order valence-electron chi connectivity index (χ2n) is 17.4. The number of aromatic nitrogens is 6. The largest absolute Gasteiger partial charge is 0.435 e. The molecule has 0 aliphatic carbocycles. The molecule has 4 aromatic heterocycles. The molecule has 69 heavy (non-hydrogen) atoms. The van der Waals surface area contributed by atoms with E-state index in [1.807, 2.05) is 48.5 Å². The van der Waals surface area contributed by atoms with E-state index in [0.29, 0.717) is 29.1 Å². The molecule has 0 amide bonds. The summed E-state index contributed by atoms with van der Waals surface area (Å²) in [6.07, 6.45) is 0. The number of fused-ring (bicyclic) bond motifs is 9. The molecule has 14 aromatic rings. The Morgan fingerprint density at radius 1 is 0.333 bits per heavy atom. The minimum absolute atomic E-state index is 0.476. The van der Waals surface area contributed by atoms with Crippen LogP contribution in [-0.2, 0) is 0 Å². The van der Waals surface area contributed by atoms with Crippen LogP contribution in [-0.4, -0.2) is 29.1 Å². The van der Waals surface area contributed by atoms with Crippen molar-refractivity contribution < 1.29 is 4.42 Å². The van der Waals surface area contributed by atoms with Gasteiger partial charge in [0.15, 0.2) is 17.2 Å². The molecule has 0 fully saturated rings. The number of benzene rings is 10. The van der Waals surface area contributed by atoms with Crippen LogP contribution in [0.3, 0.4) is 0 Å². The number of para-hydroxylation sites is 4. The van der Waals surface area contributed by atoms with E-state index in [1.54, 1.807) is 0 Å². The van der Waals surface area contributed by atoms with E-state index in [2.05, 4.69) is 191 Å². The molecule has 14 rings (SSSR count). The molecule has 0 N–H and O–H groups in total. The molecule has 0 unspecified atom stereocenters. The van der Waals surface area contributed by atoms with Crippen LogP contribution in [0.15, 0.2) is 235 Å². The van der Waals surface area contributed by atoms with Gasteiger partial charge in [-0.15, -0.1) is 0 Å². The molecule has 0 atom stereocenters. The fraction of sp³-hybridized carbons (Fsp3) is 0. The number of nitrogens with zero attached hydrogens (tertiary/aromatic N) is 6. The molecule has 4 heterocycles. The second-order valence-corrected chi connectivity index (χ2v) is 17.4. The summed E-state index contributed by atoms with van der Waals surface area (Å²) in [6, 6.07) is 80.5. The molecular weight excluding hydrogens is 845 g/mol. The number of oxazole rings is 1. The Kier molecular flexibility index (Phi) is 8.75. The third-order valence-corrected chi connectivity index (χ3v) is 13.4. The summed E-state index contributed by atoms with van der Waals surface area (Å²) in [5.74, 6) is 2.03. The fourth-order valence-corrected chi connectivity index (χ4v) is 10.3. The molecular formula is C62H38N6O. The lowest BCUT2D eigenvalue weighted by Crippen LogP contribution is -2.07. The van der Waals surface area contributed by atoms with Crippen molar-refractivity contribution >= 4 is 65.5 Å². The summed E-state index contributed by atoms with van der Waals surface area (Å²) in [7, 11) is 0. The van der Waals surface area contributed by atoms with Crippen molar-refractivity contribution in [3.8, 4) is 68.1 Å².